The third-order valence-electron chi connectivity index (χ3n) is 2.89. The van der Waals surface area contributed by atoms with Crippen molar-refractivity contribution >= 4 is 17.5 Å². The highest BCUT2D eigenvalue weighted by atomic mass is 19.1. The van der Waals surface area contributed by atoms with Crippen molar-refractivity contribution in [3.8, 4) is 0 Å². The van der Waals surface area contributed by atoms with E-state index >= 15 is 0 Å². The van der Waals surface area contributed by atoms with Gasteiger partial charge in [-0.1, -0.05) is 0 Å². The lowest BCUT2D eigenvalue weighted by Crippen LogP contribution is -2.38. The number of aliphatic hydroxyl groups excluding tert-OH is 2. The molecule has 0 spiro atoms. The molecule has 0 saturated carbocycles. The molecule has 0 bridgehead atoms. The number of aliphatic hydroxyl groups is 2. The van der Waals surface area contributed by atoms with Crippen LogP contribution >= 0.6 is 0 Å². The Morgan fingerprint density at radius 1 is 1.46 bits per heavy atom. The van der Waals surface area contributed by atoms with Crippen LogP contribution in [0.25, 0.3) is 0 Å². The van der Waals surface area contributed by atoms with Gasteiger partial charge in [0.25, 0.3) is 5.69 Å². The molecular formula is C14H20FN3O6. The number of nitrogens with two attached hydrogens (primary N) is 1. The van der Waals surface area contributed by atoms with Crippen molar-refractivity contribution < 1.29 is 29.1 Å². The Hall–Kier alpha value is -2.46. The van der Waals surface area contributed by atoms with E-state index in [4.69, 9.17) is 10.5 Å². The molecule has 0 aliphatic heterocycles. The summed E-state index contributed by atoms with van der Waals surface area (Å²) in [6, 6.07) is 1.64. The molecule has 1 amide bonds. The predicted molar refractivity (Wildman–Crippen MR) is 82.7 cm³/mol. The molecule has 2 unspecified atom stereocenters. The smallest absolute Gasteiger partial charge is 0.407 e. The van der Waals surface area contributed by atoms with Gasteiger partial charge < -0.3 is 26.0 Å². The zero-order valence-electron chi connectivity index (χ0n) is 13.4. The third-order valence-corrected chi connectivity index (χ3v) is 2.89. The second-order valence-electron chi connectivity index (χ2n) is 6.09. The molecule has 9 nitrogen and oxygen atoms in total. The van der Waals surface area contributed by atoms with Gasteiger partial charge in [-0.05, 0) is 32.4 Å². The van der Waals surface area contributed by atoms with Crippen LogP contribution in [0.5, 0.6) is 0 Å². The average molecular weight is 345 g/mol. The van der Waals surface area contributed by atoms with Crippen LogP contribution in [0.1, 0.15) is 32.4 Å². The molecule has 0 aliphatic carbocycles. The minimum absolute atomic E-state index is 0.244. The highest BCUT2D eigenvalue weighted by Gasteiger charge is 2.25. The number of hydrogen-bond acceptors (Lipinski definition) is 7. The van der Waals surface area contributed by atoms with Gasteiger partial charge in [0.05, 0.1) is 4.92 Å². The van der Waals surface area contributed by atoms with Gasteiger partial charge in [-0.3, -0.25) is 10.1 Å². The number of hydrogen-bond donors (Lipinski definition) is 4. The zero-order valence-corrected chi connectivity index (χ0v) is 13.4. The van der Waals surface area contributed by atoms with E-state index in [1.165, 1.54) is 0 Å². The summed E-state index contributed by atoms with van der Waals surface area (Å²) in [4.78, 5) is 21.4. The summed E-state index contributed by atoms with van der Waals surface area (Å²) in [5.74, 6) is -1.09. The molecule has 2 atom stereocenters. The van der Waals surface area contributed by atoms with Gasteiger partial charge in [0.1, 0.15) is 23.5 Å². The van der Waals surface area contributed by atoms with Gasteiger partial charge in [-0.25, -0.2) is 9.18 Å². The summed E-state index contributed by atoms with van der Waals surface area (Å²) in [6.07, 6.45) is -4.03. The Balaban J connectivity index is 2.81. The summed E-state index contributed by atoms with van der Waals surface area (Å²) in [5, 5.41) is 32.9. The van der Waals surface area contributed by atoms with Crippen LogP contribution in [0.2, 0.25) is 0 Å². The number of alkyl carbamates (subject to hydrolysis) is 1. The third kappa shape index (κ3) is 5.32. The standard InChI is InChI=1S/C14H20FN3O6/c1-14(2,3)24-13(21)17-6-10(19)12(20)7-4-8(15)11(16)9(5-7)18(22)23/h4-5,10,12,19-20H,6,16H2,1-3H3,(H,17,21). The number of nitro groups is 1. The number of rotatable bonds is 5. The van der Waals surface area contributed by atoms with Gasteiger partial charge in [-0.15, -0.1) is 0 Å². The number of benzene rings is 1. The van der Waals surface area contributed by atoms with Crippen LogP contribution in [-0.2, 0) is 4.74 Å². The molecule has 0 saturated heterocycles. The number of nitrogens with zero attached hydrogens (tertiary/aromatic N) is 1. The summed E-state index contributed by atoms with van der Waals surface area (Å²) in [7, 11) is 0. The molecule has 0 heterocycles. The van der Waals surface area contributed by atoms with Gasteiger partial charge >= 0.3 is 6.09 Å². The van der Waals surface area contributed by atoms with Crippen LogP contribution in [0.15, 0.2) is 12.1 Å². The van der Waals surface area contributed by atoms with E-state index in [-0.39, 0.29) is 5.56 Å². The van der Waals surface area contributed by atoms with Crippen LogP contribution in [0, 0.1) is 15.9 Å². The quantitative estimate of drug-likeness (QED) is 0.356. The van der Waals surface area contributed by atoms with Gasteiger partial charge in [0, 0.05) is 12.6 Å². The fourth-order valence-electron chi connectivity index (χ4n) is 1.78. The molecule has 0 fully saturated rings. The van der Waals surface area contributed by atoms with E-state index in [1.54, 1.807) is 20.8 Å². The molecule has 1 aromatic rings. The maximum Gasteiger partial charge on any atom is 0.407 e. The Bertz CT molecular complexity index is 632. The van der Waals surface area contributed by atoms with Crippen LogP contribution < -0.4 is 11.1 Å². The first-order chi connectivity index (χ1) is 10.9. The largest absolute Gasteiger partial charge is 0.444 e. The molecule has 0 radical (unpaired) electrons. The summed E-state index contributed by atoms with van der Waals surface area (Å²) >= 11 is 0. The van der Waals surface area contributed by atoms with Crippen LogP contribution in [0.3, 0.4) is 0 Å². The molecule has 1 aromatic carbocycles. The Morgan fingerprint density at radius 3 is 2.54 bits per heavy atom. The minimum atomic E-state index is -1.67. The van der Waals surface area contributed by atoms with E-state index in [1.807, 2.05) is 0 Å². The summed E-state index contributed by atoms with van der Waals surface area (Å²) < 4.78 is 18.6. The average Bonchev–Trinajstić information content (AvgIpc) is 2.44. The number of nitro benzene ring substituents is 1. The normalized spacial score (nSPS) is 13.9. The first kappa shape index (κ1) is 19.6. The molecule has 0 aliphatic rings. The van der Waals surface area contributed by atoms with E-state index in [2.05, 4.69) is 5.32 Å². The highest BCUT2D eigenvalue weighted by Crippen LogP contribution is 2.29. The first-order valence-electron chi connectivity index (χ1n) is 6.98. The number of ether oxygens (including phenoxy) is 1. The van der Waals surface area contributed by atoms with Gasteiger partial charge in [-0.2, -0.15) is 0 Å². The van der Waals surface area contributed by atoms with Crippen molar-refractivity contribution in [2.75, 3.05) is 12.3 Å². The topological polar surface area (TPSA) is 148 Å². The van der Waals surface area contributed by atoms with E-state index in [9.17, 15) is 29.5 Å². The second-order valence-corrected chi connectivity index (χ2v) is 6.09. The number of anilines is 1. The van der Waals surface area contributed by atoms with Crippen molar-refractivity contribution in [2.24, 2.45) is 0 Å². The molecule has 24 heavy (non-hydrogen) atoms. The maximum absolute atomic E-state index is 13.6. The summed E-state index contributed by atoms with van der Waals surface area (Å²) in [5.41, 5.74) is 2.87. The minimum Gasteiger partial charge on any atom is -0.444 e. The molecule has 5 N–H and O–H groups in total. The van der Waals surface area contributed by atoms with Crippen molar-refractivity contribution in [2.45, 2.75) is 38.6 Å². The SMILES string of the molecule is CC(C)(C)OC(=O)NCC(O)C(O)c1cc(F)c(N)c([N+](=O)[O-])c1. The molecular weight excluding hydrogens is 325 g/mol. The number of nitrogens with one attached hydrogen (secondary N) is 1. The Morgan fingerprint density at radius 2 is 2.04 bits per heavy atom. The molecule has 10 heteroatoms. The molecule has 1 rings (SSSR count). The van der Waals surface area contributed by atoms with Crippen molar-refractivity contribution in [3.05, 3.63) is 33.6 Å². The Kier molecular flexibility index (Phi) is 6.04. The zero-order chi connectivity index (χ0) is 18.7. The van der Waals surface area contributed by atoms with Crippen LogP contribution in [0.4, 0.5) is 20.6 Å². The van der Waals surface area contributed by atoms with E-state index in [0.29, 0.717) is 0 Å². The number of carbonyl (C=O) groups is 1. The summed E-state index contributed by atoms with van der Waals surface area (Å²) in [6.45, 7) is 4.53. The fraction of sp³-hybridized carbons (Fsp3) is 0.500. The van der Waals surface area contributed by atoms with Crippen molar-refractivity contribution in [1.29, 1.82) is 0 Å². The first-order valence-corrected chi connectivity index (χ1v) is 6.98. The lowest BCUT2D eigenvalue weighted by Gasteiger charge is -2.22. The predicted octanol–water partition coefficient (Wildman–Crippen LogP) is 1.24. The number of carbonyl (C=O) groups excluding carboxylic acids is 1. The van der Waals surface area contributed by atoms with Gasteiger partial charge in [0.15, 0.2) is 5.82 Å². The molecule has 134 valence electrons. The number of amides is 1. The van der Waals surface area contributed by atoms with E-state index in [0.717, 1.165) is 12.1 Å². The number of halogens is 1. The van der Waals surface area contributed by atoms with Crippen molar-refractivity contribution in [3.63, 3.8) is 0 Å². The van der Waals surface area contributed by atoms with Crippen molar-refractivity contribution in [1.82, 2.24) is 5.32 Å². The van der Waals surface area contributed by atoms with Gasteiger partial charge in [0.2, 0.25) is 0 Å². The van der Waals surface area contributed by atoms with Crippen LogP contribution in [-0.4, -0.2) is 39.5 Å². The number of nitrogen functional groups attached to an aromatic ring is 1. The monoisotopic (exact) mass is 345 g/mol. The fourth-order valence-corrected chi connectivity index (χ4v) is 1.78. The lowest BCUT2D eigenvalue weighted by atomic mass is 10.0. The molecule has 0 aromatic heterocycles. The highest BCUT2D eigenvalue weighted by molar-refractivity contribution is 5.67. The lowest BCUT2D eigenvalue weighted by molar-refractivity contribution is -0.384. The maximum atomic E-state index is 13.6. The Labute approximate surface area is 137 Å². The van der Waals surface area contributed by atoms with E-state index < -0.39 is 52.6 Å². The second kappa shape index (κ2) is 7.41.